The smallest absolute Gasteiger partial charge is 0.257 e. The third-order valence-corrected chi connectivity index (χ3v) is 5.55. The van der Waals surface area contributed by atoms with Crippen LogP contribution >= 0.6 is 0 Å². The Kier molecular flexibility index (Phi) is 4.30. The number of nitrogens with two attached hydrogens (primary N) is 1. The van der Waals surface area contributed by atoms with Crippen molar-refractivity contribution in [3.8, 4) is 5.75 Å². The van der Waals surface area contributed by atoms with Crippen LogP contribution in [0.1, 0.15) is 30.6 Å². The van der Waals surface area contributed by atoms with Gasteiger partial charge in [-0.25, -0.2) is 4.39 Å². The van der Waals surface area contributed by atoms with Crippen molar-refractivity contribution in [2.45, 2.75) is 20.3 Å². The van der Waals surface area contributed by atoms with Gasteiger partial charge in [0.15, 0.2) is 0 Å². The van der Waals surface area contributed by atoms with Crippen molar-refractivity contribution in [2.75, 3.05) is 32.8 Å². The van der Waals surface area contributed by atoms with Gasteiger partial charge < -0.3 is 20.5 Å². The van der Waals surface area contributed by atoms with E-state index in [1.165, 1.54) is 18.2 Å². The second kappa shape index (κ2) is 6.01. The third kappa shape index (κ3) is 2.67. The fraction of sp³-hybridized carbons (Fsp3) is 0.611. The lowest BCUT2D eigenvalue weighted by Gasteiger charge is -2.55. The van der Waals surface area contributed by atoms with E-state index >= 15 is 0 Å². The summed E-state index contributed by atoms with van der Waals surface area (Å²) >= 11 is 0. The molecule has 1 aliphatic carbocycles. The van der Waals surface area contributed by atoms with Gasteiger partial charge in [0, 0.05) is 25.0 Å². The topological polar surface area (TPSA) is 75.8 Å². The predicted octanol–water partition coefficient (Wildman–Crippen LogP) is 1.64. The molecule has 1 saturated carbocycles. The van der Waals surface area contributed by atoms with E-state index < -0.39 is 5.82 Å². The first-order valence-corrected chi connectivity index (χ1v) is 8.35. The summed E-state index contributed by atoms with van der Waals surface area (Å²) in [5.74, 6) is -0.110. The number of aliphatic hydroxyl groups excluding tert-OH is 1. The molecule has 1 aromatic rings. The maximum atomic E-state index is 13.7. The van der Waals surface area contributed by atoms with Crippen LogP contribution in [0.25, 0.3) is 0 Å². The summed E-state index contributed by atoms with van der Waals surface area (Å²) in [4.78, 5) is 14.7. The van der Waals surface area contributed by atoms with Crippen molar-refractivity contribution in [1.29, 1.82) is 0 Å². The Morgan fingerprint density at radius 2 is 2.25 bits per heavy atom. The summed E-state index contributed by atoms with van der Waals surface area (Å²) in [7, 11) is 0. The van der Waals surface area contributed by atoms with E-state index in [0.717, 1.165) is 6.42 Å². The first-order chi connectivity index (χ1) is 11.3. The number of ether oxygens (including phenoxy) is 1. The van der Waals surface area contributed by atoms with Crippen LogP contribution in [0, 0.1) is 22.6 Å². The van der Waals surface area contributed by atoms with Crippen LogP contribution in [-0.4, -0.2) is 48.8 Å². The van der Waals surface area contributed by atoms with Gasteiger partial charge in [0.25, 0.3) is 5.91 Å². The fourth-order valence-corrected chi connectivity index (χ4v) is 4.63. The minimum Gasteiger partial charge on any atom is -0.491 e. The van der Waals surface area contributed by atoms with Gasteiger partial charge in [0.1, 0.15) is 18.2 Å². The number of aliphatic hydroxyl groups is 1. The molecule has 1 heterocycles. The van der Waals surface area contributed by atoms with Crippen molar-refractivity contribution in [1.82, 2.24) is 4.90 Å². The maximum absolute atomic E-state index is 13.7. The summed E-state index contributed by atoms with van der Waals surface area (Å²) in [6, 6.07) is 3.95. The van der Waals surface area contributed by atoms with Gasteiger partial charge in [-0.15, -0.1) is 0 Å². The number of hydrogen-bond acceptors (Lipinski definition) is 4. The molecule has 0 bridgehead atoms. The number of carbonyl (C=O) groups excluding carboxylic acids is 1. The van der Waals surface area contributed by atoms with Crippen molar-refractivity contribution in [3.63, 3.8) is 0 Å². The van der Waals surface area contributed by atoms with Crippen LogP contribution in [0.2, 0.25) is 0 Å². The minimum absolute atomic E-state index is 0.0740. The van der Waals surface area contributed by atoms with Crippen molar-refractivity contribution >= 4 is 5.91 Å². The van der Waals surface area contributed by atoms with Crippen molar-refractivity contribution in [2.24, 2.45) is 22.5 Å². The number of carbonyl (C=O) groups is 1. The lowest BCUT2D eigenvalue weighted by molar-refractivity contribution is -0.0977. The van der Waals surface area contributed by atoms with E-state index in [9.17, 15) is 14.3 Å². The molecule has 2 aliphatic rings. The van der Waals surface area contributed by atoms with E-state index in [1.807, 2.05) is 0 Å². The molecule has 2 atom stereocenters. The average Bonchev–Trinajstić information content (AvgIpc) is 2.88. The Hall–Kier alpha value is -1.66. The molecule has 1 aromatic carbocycles. The first-order valence-electron chi connectivity index (χ1n) is 8.35. The molecule has 0 aromatic heterocycles. The quantitative estimate of drug-likeness (QED) is 0.857. The average molecular weight is 336 g/mol. The SMILES string of the molecule is CC1(C)C[C@]2(CO)CN(C(=O)c3cc(F)ccc3OCCN)C[C@H]12. The summed E-state index contributed by atoms with van der Waals surface area (Å²) in [6.07, 6.45) is 0.893. The Morgan fingerprint density at radius 1 is 1.50 bits per heavy atom. The minimum atomic E-state index is -0.474. The van der Waals surface area contributed by atoms with Gasteiger partial charge in [-0.1, -0.05) is 13.8 Å². The Balaban J connectivity index is 1.84. The zero-order valence-electron chi connectivity index (χ0n) is 14.2. The first kappa shape index (κ1) is 17.2. The number of benzene rings is 1. The molecule has 1 aliphatic heterocycles. The normalized spacial score (nSPS) is 27.5. The van der Waals surface area contributed by atoms with Crippen LogP contribution < -0.4 is 10.5 Å². The van der Waals surface area contributed by atoms with E-state index in [4.69, 9.17) is 10.5 Å². The lowest BCUT2D eigenvalue weighted by atomic mass is 9.48. The number of rotatable bonds is 5. The van der Waals surface area contributed by atoms with Gasteiger partial charge in [-0.05, 0) is 36.0 Å². The van der Waals surface area contributed by atoms with Crippen LogP contribution in [0.4, 0.5) is 4.39 Å². The van der Waals surface area contributed by atoms with Crippen molar-refractivity contribution in [3.05, 3.63) is 29.6 Å². The predicted molar refractivity (Wildman–Crippen MR) is 88.3 cm³/mol. The number of fused-ring (bicyclic) bond motifs is 1. The Labute approximate surface area is 141 Å². The summed E-state index contributed by atoms with van der Waals surface area (Å²) in [5.41, 5.74) is 5.55. The molecule has 1 amide bonds. The second-order valence-electron chi connectivity index (χ2n) is 7.70. The van der Waals surface area contributed by atoms with Gasteiger partial charge in [0.05, 0.1) is 12.2 Å². The van der Waals surface area contributed by atoms with Gasteiger partial charge in [-0.2, -0.15) is 0 Å². The number of amides is 1. The Bertz CT molecular complexity index is 649. The monoisotopic (exact) mass is 336 g/mol. The summed E-state index contributed by atoms with van der Waals surface area (Å²) in [6.45, 7) is 6.07. The highest BCUT2D eigenvalue weighted by Gasteiger charge is 2.63. The molecule has 132 valence electrons. The molecule has 6 heteroatoms. The van der Waals surface area contributed by atoms with E-state index in [2.05, 4.69) is 13.8 Å². The molecular formula is C18H25FN2O3. The molecule has 3 rings (SSSR count). The standard InChI is InChI=1S/C18H25FN2O3/c1-17(2)9-18(11-22)10-21(8-15(17)18)16(23)13-7-12(19)3-4-14(13)24-6-5-20/h3-4,7,15,22H,5-6,8-11,20H2,1-2H3/t15-,18-/m1/s1. The molecule has 2 fully saturated rings. The van der Waals surface area contributed by atoms with Crippen LogP contribution in [0.3, 0.4) is 0 Å². The summed E-state index contributed by atoms with van der Waals surface area (Å²) in [5, 5.41) is 9.83. The lowest BCUT2D eigenvalue weighted by Crippen LogP contribution is -2.54. The Morgan fingerprint density at radius 3 is 2.83 bits per heavy atom. The third-order valence-electron chi connectivity index (χ3n) is 5.55. The molecule has 0 radical (unpaired) electrons. The number of likely N-dealkylation sites (tertiary alicyclic amines) is 1. The fourth-order valence-electron chi connectivity index (χ4n) is 4.63. The van der Waals surface area contributed by atoms with Gasteiger partial charge in [-0.3, -0.25) is 4.79 Å². The molecule has 0 unspecified atom stereocenters. The largest absolute Gasteiger partial charge is 0.491 e. The summed E-state index contributed by atoms with van der Waals surface area (Å²) < 4.78 is 19.2. The zero-order chi connectivity index (χ0) is 17.5. The maximum Gasteiger partial charge on any atom is 0.257 e. The van der Waals surface area contributed by atoms with Crippen molar-refractivity contribution < 1.29 is 19.0 Å². The highest BCUT2D eigenvalue weighted by Crippen LogP contribution is 2.62. The second-order valence-corrected chi connectivity index (χ2v) is 7.70. The molecule has 1 saturated heterocycles. The van der Waals surface area contributed by atoms with Crippen LogP contribution in [0.15, 0.2) is 18.2 Å². The van der Waals surface area contributed by atoms with Gasteiger partial charge >= 0.3 is 0 Å². The van der Waals surface area contributed by atoms with Crippen LogP contribution in [0.5, 0.6) is 5.75 Å². The van der Waals surface area contributed by atoms with E-state index in [0.29, 0.717) is 25.4 Å². The molecule has 24 heavy (non-hydrogen) atoms. The highest BCUT2D eigenvalue weighted by atomic mass is 19.1. The molecule has 3 N–H and O–H groups in total. The zero-order valence-corrected chi connectivity index (χ0v) is 14.2. The van der Waals surface area contributed by atoms with E-state index in [1.54, 1.807) is 4.90 Å². The van der Waals surface area contributed by atoms with E-state index in [-0.39, 0.29) is 41.4 Å². The van der Waals surface area contributed by atoms with Crippen LogP contribution in [-0.2, 0) is 0 Å². The molecule has 0 spiro atoms. The highest BCUT2D eigenvalue weighted by molar-refractivity contribution is 5.97. The number of hydrogen-bond donors (Lipinski definition) is 2. The molecular weight excluding hydrogens is 311 g/mol. The van der Waals surface area contributed by atoms with Gasteiger partial charge in [0.2, 0.25) is 0 Å². The molecule has 5 nitrogen and oxygen atoms in total. The number of nitrogens with zero attached hydrogens (tertiary/aromatic N) is 1. The number of halogens is 1.